The third-order valence-corrected chi connectivity index (χ3v) is 8.85. The summed E-state index contributed by atoms with van der Waals surface area (Å²) >= 11 is 0. The molecule has 1 spiro atoms. The van der Waals surface area contributed by atoms with E-state index in [-0.39, 0.29) is 33.5 Å². The number of carbonyl (C=O) groups is 3. The number of aliphatic hydroxyl groups is 1. The summed E-state index contributed by atoms with van der Waals surface area (Å²) in [6.45, 7) is 0. The Kier molecular flexibility index (Phi) is 4.61. The van der Waals surface area contributed by atoms with Gasteiger partial charge in [-0.15, -0.1) is 0 Å². The molecule has 1 aliphatic carbocycles. The fourth-order valence-corrected chi connectivity index (χ4v) is 7.24. The highest BCUT2D eigenvalue weighted by molar-refractivity contribution is 6.35. The van der Waals surface area contributed by atoms with Crippen molar-refractivity contribution in [3.63, 3.8) is 0 Å². The maximum atomic E-state index is 14.8. The second-order valence-corrected chi connectivity index (χ2v) is 10.7. The first-order valence-corrected chi connectivity index (χ1v) is 13.3. The van der Waals surface area contributed by atoms with Crippen LogP contribution in [0, 0.1) is 11.2 Å². The van der Waals surface area contributed by atoms with Crippen molar-refractivity contribution in [3.05, 3.63) is 148 Å². The van der Waals surface area contributed by atoms with E-state index >= 15 is 0 Å². The molecule has 0 bridgehead atoms. The molecular weight excluding hydrogens is 519 g/mol. The molecule has 3 aliphatic heterocycles. The molecule has 1 fully saturated rings. The van der Waals surface area contributed by atoms with Crippen LogP contribution in [0.3, 0.4) is 0 Å². The van der Waals surface area contributed by atoms with Crippen LogP contribution in [0.15, 0.2) is 109 Å². The van der Waals surface area contributed by atoms with Crippen molar-refractivity contribution in [1.29, 1.82) is 0 Å². The number of fused-ring (bicyclic) bond motifs is 6. The second-order valence-electron chi connectivity index (χ2n) is 10.7. The zero-order chi connectivity index (χ0) is 28.1. The summed E-state index contributed by atoms with van der Waals surface area (Å²) in [5.41, 5.74) is -1.57. The summed E-state index contributed by atoms with van der Waals surface area (Å²) < 4.78 is 14.6. The molecule has 8 rings (SSSR count). The van der Waals surface area contributed by atoms with E-state index in [0.29, 0.717) is 11.3 Å². The average Bonchev–Trinajstić information content (AvgIpc) is 3.53. The number of nitrogens with one attached hydrogen (secondary N) is 1. The van der Waals surface area contributed by atoms with Crippen molar-refractivity contribution in [3.8, 4) is 0 Å². The van der Waals surface area contributed by atoms with Crippen LogP contribution in [0.2, 0.25) is 0 Å². The van der Waals surface area contributed by atoms with Crippen LogP contribution in [0.5, 0.6) is 0 Å². The maximum Gasteiger partial charge on any atom is 0.258 e. The lowest BCUT2D eigenvalue weighted by Gasteiger charge is -2.40. The number of Topliss-reactive ketones (excluding diaryl/α,β-unsaturated/α-hetero) is 2. The average molecular weight is 541 g/mol. The van der Waals surface area contributed by atoms with Gasteiger partial charge in [0, 0.05) is 28.6 Å². The van der Waals surface area contributed by atoms with Crippen LogP contribution in [0.25, 0.3) is 11.6 Å². The predicted molar refractivity (Wildman–Crippen MR) is 150 cm³/mol. The van der Waals surface area contributed by atoms with Gasteiger partial charge in [-0.3, -0.25) is 14.4 Å². The molecule has 41 heavy (non-hydrogen) atoms. The van der Waals surface area contributed by atoms with Crippen LogP contribution in [0.1, 0.15) is 49.0 Å². The van der Waals surface area contributed by atoms with E-state index in [1.54, 1.807) is 65.7 Å². The van der Waals surface area contributed by atoms with E-state index in [2.05, 4.69) is 5.32 Å². The van der Waals surface area contributed by atoms with E-state index in [1.807, 2.05) is 30.3 Å². The number of halogens is 1. The van der Waals surface area contributed by atoms with Gasteiger partial charge in [0.1, 0.15) is 5.82 Å². The van der Waals surface area contributed by atoms with Gasteiger partial charge in [-0.25, -0.2) is 4.39 Å². The van der Waals surface area contributed by atoms with Gasteiger partial charge < -0.3 is 15.3 Å². The van der Waals surface area contributed by atoms with Crippen LogP contribution >= 0.6 is 0 Å². The highest BCUT2D eigenvalue weighted by atomic mass is 19.1. The predicted octanol–water partition coefficient (Wildman–Crippen LogP) is 5.48. The van der Waals surface area contributed by atoms with Crippen molar-refractivity contribution in [2.45, 2.75) is 11.6 Å². The number of benzene rings is 4. The van der Waals surface area contributed by atoms with E-state index in [9.17, 15) is 23.9 Å². The Bertz CT molecular complexity index is 1890. The maximum absolute atomic E-state index is 14.8. The molecule has 1 saturated heterocycles. The largest absolute Gasteiger partial charge is 0.377 e. The first kappa shape index (κ1) is 23.7. The van der Waals surface area contributed by atoms with Gasteiger partial charge in [0.15, 0.2) is 22.6 Å². The van der Waals surface area contributed by atoms with Crippen LogP contribution < -0.4 is 5.32 Å². The highest BCUT2D eigenvalue weighted by Crippen LogP contribution is 2.69. The van der Waals surface area contributed by atoms with Crippen molar-refractivity contribution in [2.24, 2.45) is 5.41 Å². The third kappa shape index (κ3) is 2.71. The number of hydrogen-bond donors (Lipinski definition) is 2. The van der Waals surface area contributed by atoms with Gasteiger partial charge in [0.2, 0.25) is 0 Å². The van der Waals surface area contributed by atoms with Gasteiger partial charge in [0.25, 0.3) is 5.91 Å². The molecule has 198 valence electrons. The molecule has 6 nitrogen and oxygen atoms in total. The number of amides is 1. The summed E-state index contributed by atoms with van der Waals surface area (Å²) in [6, 6.07) is 25.4. The summed E-state index contributed by atoms with van der Waals surface area (Å²) in [6.07, 6.45) is 3.53. The SMILES string of the molecule is O=C1Nc2ccc(F)cc2/C1=C1\N2C=Cc3ccccc3C2C2(C(=O)c3ccccc3C2=O)C1(O)c1ccccc1. The van der Waals surface area contributed by atoms with Gasteiger partial charge in [-0.2, -0.15) is 0 Å². The minimum atomic E-state index is -2.31. The number of ketones is 2. The van der Waals surface area contributed by atoms with Gasteiger partial charge >= 0.3 is 0 Å². The normalized spacial score (nSPS) is 24.8. The summed E-state index contributed by atoms with van der Waals surface area (Å²) in [4.78, 5) is 45.0. The van der Waals surface area contributed by atoms with E-state index in [1.165, 1.54) is 18.2 Å². The molecule has 2 atom stereocenters. The van der Waals surface area contributed by atoms with Crippen LogP contribution in [0.4, 0.5) is 10.1 Å². The number of nitrogens with zero attached hydrogens (tertiary/aromatic N) is 1. The lowest BCUT2D eigenvalue weighted by atomic mass is 9.60. The number of carbonyl (C=O) groups excluding carboxylic acids is 3. The van der Waals surface area contributed by atoms with E-state index in [0.717, 1.165) is 5.56 Å². The molecule has 0 aromatic heterocycles. The van der Waals surface area contributed by atoms with Crippen molar-refractivity contribution in [1.82, 2.24) is 4.90 Å². The number of hydrogen-bond acceptors (Lipinski definition) is 5. The van der Waals surface area contributed by atoms with E-state index in [4.69, 9.17) is 0 Å². The molecule has 0 radical (unpaired) electrons. The monoisotopic (exact) mass is 540 g/mol. The summed E-state index contributed by atoms with van der Waals surface area (Å²) in [5, 5.41) is 16.1. The van der Waals surface area contributed by atoms with Crippen LogP contribution in [-0.4, -0.2) is 27.5 Å². The Balaban J connectivity index is 1.57. The van der Waals surface area contributed by atoms with Crippen molar-refractivity contribution < 1.29 is 23.9 Å². The molecule has 0 saturated carbocycles. The Morgan fingerprint density at radius 2 is 1.44 bits per heavy atom. The zero-order valence-electron chi connectivity index (χ0n) is 21.5. The van der Waals surface area contributed by atoms with Crippen molar-refractivity contribution in [2.75, 3.05) is 5.32 Å². The molecule has 7 heteroatoms. The summed E-state index contributed by atoms with van der Waals surface area (Å²) in [5.74, 6) is -2.18. The molecule has 3 heterocycles. The quantitative estimate of drug-likeness (QED) is 0.247. The third-order valence-electron chi connectivity index (χ3n) is 8.85. The summed E-state index contributed by atoms with van der Waals surface area (Å²) in [7, 11) is 0. The van der Waals surface area contributed by atoms with Gasteiger partial charge in [-0.05, 0) is 41.0 Å². The van der Waals surface area contributed by atoms with E-state index < -0.39 is 40.3 Å². The number of rotatable bonds is 1. The number of anilines is 1. The fourth-order valence-electron chi connectivity index (χ4n) is 7.24. The fraction of sp³-hybridized carbons (Fsp3) is 0.0882. The standard InChI is InChI=1S/C34H21FN2O4/c35-21-14-15-26-25(18-21)27(32(40)36-26)29-34(41,20-9-2-1-3-10-20)33(30(38)23-12-6-7-13-24(23)31(33)39)28-22-11-5-4-8-19(22)16-17-37(28)29/h1-18,28,41H,(H,36,40)/b29-27+. The molecule has 1 amide bonds. The van der Waals surface area contributed by atoms with Crippen molar-refractivity contribution >= 4 is 34.8 Å². The lowest BCUT2D eigenvalue weighted by molar-refractivity contribution is -0.111. The second kappa shape index (κ2) is 7.96. The minimum Gasteiger partial charge on any atom is -0.377 e. The highest BCUT2D eigenvalue weighted by Gasteiger charge is 2.77. The molecule has 4 aliphatic rings. The first-order chi connectivity index (χ1) is 19.9. The molecule has 2 unspecified atom stereocenters. The Labute approximate surface area is 234 Å². The first-order valence-electron chi connectivity index (χ1n) is 13.3. The van der Waals surface area contributed by atoms with Crippen LogP contribution in [-0.2, 0) is 10.4 Å². The molecule has 4 aromatic rings. The van der Waals surface area contributed by atoms with Gasteiger partial charge in [0.05, 0.1) is 17.3 Å². The zero-order valence-corrected chi connectivity index (χ0v) is 21.5. The Morgan fingerprint density at radius 1 is 0.780 bits per heavy atom. The molecular formula is C34H21FN2O4. The Morgan fingerprint density at radius 3 is 2.17 bits per heavy atom. The molecule has 4 aromatic carbocycles. The lowest BCUT2D eigenvalue weighted by Crippen LogP contribution is -2.53. The minimum absolute atomic E-state index is 0.00770. The topological polar surface area (TPSA) is 86.7 Å². The van der Waals surface area contributed by atoms with Gasteiger partial charge in [-0.1, -0.05) is 78.9 Å². The molecule has 2 N–H and O–H groups in total. The Hall–Kier alpha value is -5.14. The smallest absolute Gasteiger partial charge is 0.258 e.